The average Bonchev–Trinajstić information content (AvgIpc) is 2.88. The van der Waals surface area contributed by atoms with Crippen molar-refractivity contribution in [1.82, 2.24) is 0 Å². The second-order valence-electron chi connectivity index (χ2n) is 5.32. The Bertz CT molecular complexity index is 630. The van der Waals surface area contributed by atoms with Crippen molar-refractivity contribution in [1.29, 1.82) is 0 Å². The van der Waals surface area contributed by atoms with Crippen LogP contribution in [0.2, 0.25) is 0 Å². The lowest BCUT2D eigenvalue weighted by atomic mass is 9.93. The first kappa shape index (κ1) is 14.3. The molecule has 0 unspecified atom stereocenters. The third-order valence-electron chi connectivity index (χ3n) is 3.44. The highest BCUT2D eigenvalue weighted by Crippen LogP contribution is 2.29. The molecule has 2 nitrogen and oxygen atoms in total. The molecule has 1 heterocycles. The number of hydrogen-bond acceptors (Lipinski definition) is 2. The molecule has 2 heteroatoms. The number of hydrogen-bond donors (Lipinski definition) is 0. The van der Waals surface area contributed by atoms with Gasteiger partial charge in [-0.1, -0.05) is 44.2 Å². The first-order chi connectivity index (χ1) is 9.50. The van der Waals surface area contributed by atoms with Crippen molar-refractivity contribution in [2.75, 3.05) is 0 Å². The average molecular weight is 268 g/mol. The summed E-state index contributed by atoms with van der Waals surface area (Å²) in [5.74, 6) is 1.07. The standard InChI is InChI=1S/C18H20O2/c1-12(2)18(14(4)19)13(3)17-10-16(11-20-17)15-8-6-5-7-9-15/h5-12H,1-4H3. The maximum atomic E-state index is 11.8. The maximum absolute atomic E-state index is 11.8. The third kappa shape index (κ3) is 2.90. The SMILES string of the molecule is CC(=O)C(=C(C)c1cc(-c2ccccc2)co1)C(C)C. The molecule has 0 aliphatic rings. The summed E-state index contributed by atoms with van der Waals surface area (Å²) in [6.07, 6.45) is 1.74. The molecule has 2 aromatic rings. The van der Waals surface area contributed by atoms with Crippen LogP contribution in [0.1, 0.15) is 33.5 Å². The Morgan fingerprint density at radius 3 is 2.25 bits per heavy atom. The topological polar surface area (TPSA) is 30.2 Å². The van der Waals surface area contributed by atoms with E-state index in [4.69, 9.17) is 4.42 Å². The molecule has 0 fully saturated rings. The van der Waals surface area contributed by atoms with Gasteiger partial charge in [0.2, 0.25) is 0 Å². The van der Waals surface area contributed by atoms with Gasteiger partial charge in [-0.25, -0.2) is 0 Å². The van der Waals surface area contributed by atoms with Gasteiger partial charge >= 0.3 is 0 Å². The molecule has 1 aromatic carbocycles. The van der Waals surface area contributed by atoms with Gasteiger partial charge in [0.1, 0.15) is 5.76 Å². The summed E-state index contributed by atoms with van der Waals surface area (Å²) in [5, 5.41) is 0. The molecule has 2 rings (SSSR count). The molecule has 0 atom stereocenters. The van der Waals surface area contributed by atoms with E-state index in [9.17, 15) is 4.79 Å². The van der Waals surface area contributed by atoms with E-state index < -0.39 is 0 Å². The highest BCUT2D eigenvalue weighted by Gasteiger charge is 2.16. The summed E-state index contributed by atoms with van der Waals surface area (Å²) < 4.78 is 5.65. The fourth-order valence-corrected chi connectivity index (χ4v) is 2.55. The number of allylic oxidation sites excluding steroid dienone is 2. The van der Waals surface area contributed by atoms with Crippen LogP contribution in [0, 0.1) is 5.92 Å². The van der Waals surface area contributed by atoms with Gasteiger partial charge in [0.15, 0.2) is 5.78 Å². The van der Waals surface area contributed by atoms with Crippen molar-refractivity contribution in [3.8, 4) is 11.1 Å². The minimum atomic E-state index is 0.107. The Labute approximate surface area is 120 Å². The van der Waals surface area contributed by atoms with Crippen molar-refractivity contribution in [2.45, 2.75) is 27.7 Å². The Kier molecular flexibility index (Phi) is 4.23. The number of rotatable bonds is 4. The Morgan fingerprint density at radius 1 is 1.05 bits per heavy atom. The van der Waals surface area contributed by atoms with E-state index in [0.29, 0.717) is 0 Å². The van der Waals surface area contributed by atoms with Crippen LogP contribution in [0.3, 0.4) is 0 Å². The van der Waals surface area contributed by atoms with E-state index in [0.717, 1.165) is 28.0 Å². The summed E-state index contributed by atoms with van der Waals surface area (Å²) >= 11 is 0. The number of carbonyl (C=O) groups excluding carboxylic acids is 1. The normalized spacial score (nSPS) is 12.4. The first-order valence-electron chi connectivity index (χ1n) is 6.86. The molecule has 0 amide bonds. The summed E-state index contributed by atoms with van der Waals surface area (Å²) in [6.45, 7) is 7.62. The van der Waals surface area contributed by atoms with Crippen LogP contribution < -0.4 is 0 Å². The molecule has 0 aliphatic carbocycles. The summed E-state index contributed by atoms with van der Waals surface area (Å²) in [4.78, 5) is 11.8. The lowest BCUT2D eigenvalue weighted by molar-refractivity contribution is -0.114. The van der Waals surface area contributed by atoms with Crippen molar-refractivity contribution in [2.24, 2.45) is 5.92 Å². The predicted molar refractivity (Wildman–Crippen MR) is 82.3 cm³/mol. The molecule has 0 aliphatic heterocycles. The Hall–Kier alpha value is -2.09. The predicted octanol–water partition coefficient (Wildman–Crippen LogP) is 4.97. The van der Waals surface area contributed by atoms with E-state index in [1.807, 2.05) is 57.2 Å². The highest BCUT2D eigenvalue weighted by molar-refractivity contribution is 6.00. The molecule has 0 N–H and O–H groups in total. The first-order valence-corrected chi connectivity index (χ1v) is 6.86. The van der Waals surface area contributed by atoms with E-state index in [2.05, 4.69) is 0 Å². The Balaban J connectivity index is 2.43. The van der Waals surface area contributed by atoms with Gasteiger partial charge in [-0.15, -0.1) is 0 Å². The second kappa shape index (κ2) is 5.91. The minimum absolute atomic E-state index is 0.107. The fraction of sp³-hybridized carbons (Fsp3) is 0.278. The monoisotopic (exact) mass is 268 g/mol. The third-order valence-corrected chi connectivity index (χ3v) is 3.44. The van der Waals surface area contributed by atoms with E-state index in [-0.39, 0.29) is 11.7 Å². The van der Waals surface area contributed by atoms with Crippen molar-refractivity contribution < 1.29 is 9.21 Å². The molecule has 0 bridgehead atoms. The Morgan fingerprint density at radius 2 is 1.70 bits per heavy atom. The van der Waals surface area contributed by atoms with Crippen LogP contribution in [0.5, 0.6) is 0 Å². The van der Waals surface area contributed by atoms with Crippen molar-refractivity contribution in [3.05, 3.63) is 54.0 Å². The van der Waals surface area contributed by atoms with E-state index in [1.165, 1.54) is 0 Å². The number of carbonyl (C=O) groups is 1. The van der Waals surface area contributed by atoms with Gasteiger partial charge in [0, 0.05) is 11.1 Å². The number of Topliss-reactive ketones (excluding diaryl/α,β-unsaturated/α-hetero) is 1. The van der Waals surface area contributed by atoms with Crippen LogP contribution in [-0.4, -0.2) is 5.78 Å². The van der Waals surface area contributed by atoms with Gasteiger partial charge in [-0.05, 0) is 37.0 Å². The second-order valence-corrected chi connectivity index (χ2v) is 5.32. The molecule has 0 saturated heterocycles. The summed E-state index contributed by atoms with van der Waals surface area (Å²) in [5.41, 5.74) is 3.91. The zero-order chi connectivity index (χ0) is 14.7. The zero-order valence-corrected chi connectivity index (χ0v) is 12.4. The smallest absolute Gasteiger partial charge is 0.156 e. The number of ketones is 1. The molecule has 0 radical (unpaired) electrons. The van der Waals surface area contributed by atoms with Crippen LogP contribution >= 0.6 is 0 Å². The fourth-order valence-electron chi connectivity index (χ4n) is 2.55. The van der Waals surface area contributed by atoms with Gasteiger partial charge in [0.25, 0.3) is 0 Å². The van der Waals surface area contributed by atoms with Gasteiger partial charge in [0.05, 0.1) is 6.26 Å². The van der Waals surface area contributed by atoms with Crippen molar-refractivity contribution in [3.63, 3.8) is 0 Å². The number of benzene rings is 1. The number of furan rings is 1. The van der Waals surface area contributed by atoms with Crippen LogP contribution in [0.4, 0.5) is 0 Å². The van der Waals surface area contributed by atoms with Gasteiger partial charge in [-0.2, -0.15) is 0 Å². The van der Waals surface area contributed by atoms with E-state index in [1.54, 1.807) is 13.2 Å². The minimum Gasteiger partial charge on any atom is -0.464 e. The zero-order valence-electron chi connectivity index (χ0n) is 12.4. The van der Waals surface area contributed by atoms with Gasteiger partial charge < -0.3 is 4.42 Å². The quantitative estimate of drug-likeness (QED) is 0.733. The lowest BCUT2D eigenvalue weighted by Gasteiger charge is -2.11. The molecule has 0 spiro atoms. The summed E-state index contributed by atoms with van der Waals surface area (Å²) in [7, 11) is 0. The molecule has 1 aromatic heterocycles. The molecular formula is C18H20O2. The van der Waals surface area contributed by atoms with Gasteiger partial charge in [-0.3, -0.25) is 4.79 Å². The van der Waals surface area contributed by atoms with Crippen molar-refractivity contribution >= 4 is 11.4 Å². The molecule has 0 saturated carbocycles. The van der Waals surface area contributed by atoms with Crippen LogP contribution in [-0.2, 0) is 4.79 Å². The lowest BCUT2D eigenvalue weighted by Crippen LogP contribution is -2.06. The largest absolute Gasteiger partial charge is 0.464 e. The van der Waals surface area contributed by atoms with Crippen LogP contribution in [0.15, 0.2) is 52.7 Å². The molecule has 104 valence electrons. The molecule has 20 heavy (non-hydrogen) atoms. The summed E-state index contributed by atoms with van der Waals surface area (Å²) in [6, 6.07) is 12.1. The van der Waals surface area contributed by atoms with E-state index >= 15 is 0 Å². The van der Waals surface area contributed by atoms with Crippen LogP contribution in [0.25, 0.3) is 16.7 Å². The molecular weight excluding hydrogens is 248 g/mol. The maximum Gasteiger partial charge on any atom is 0.156 e. The highest BCUT2D eigenvalue weighted by atomic mass is 16.3.